The number of phenolic OH excluding ortho intramolecular Hbond substituents is 1. The largest absolute Gasteiger partial charge is 0.508 e. The minimum absolute atomic E-state index is 0.227. The van der Waals surface area contributed by atoms with Gasteiger partial charge in [-0.1, -0.05) is 36.4 Å². The molecular weight excluding hydrogens is 246 g/mol. The number of rotatable bonds is 5. The van der Waals surface area contributed by atoms with Crippen LogP contribution in [-0.4, -0.2) is 5.11 Å². The molecule has 0 bridgehead atoms. The summed E-state index contributed by atoms with van der Waals surface area (Å²) in [5, 5.41) is 13.0. The van der Waals surface area contributed by atoms with Gasteiger partial charge in [-0.2, -0.15) is 0 Å². The Kier molecular flexibility index (Phi) is 3.75. The summed E-state index contributed by atoms with van der Waals surface area (Å²) < 4.78 is 0. The van der Waals surface area contributed by atoms with Gasteiger partial charge in [0, 0.05) is 12.6 Å². The second-order valence-electron chi connectivity index (χ2n) is 5.71. The highest BCUT2D eigenvalue weighted by Gasteiger charge is 2.22. The van der Waals surface area contributed by atoms with Gasteiger partial charge in [0.15, 0.2) is 0 Å². The number of hydrogen-bond acceptors (Lipinski definition) is 2. The Hall–Kier alpha value is -1.80. The molecule has 0 heterocycles. The van der Waals surface area contributed by atoms with E-state index in [1.54, 1.807) is 6.07 Å². The predicted molar refractivity (Wildman–Crippen MR) is 81.8 cm³/mol. The molecule has 0 radical (unpaired) electrons. The normalized spacial score (nSPS) is 16.1. The molecule has 1 aliphatic rings. The molecule has 1 atom stereocenters. The number of benzene rings is 2. The first-order chi connectivity index (χ1) is 9.72. The minimum Gasteiger partial charge on any atom is -0.508 e. The van der Waals surface area contributed by atoms with Crippen LogP contribution in [0.3, 0.4) is 0 Å². The van der Waals surface area contributed by atoms with Crippen LogP contribution < -0.4 is 5.32 Å². The summed E-state index contributed by atoms with van der Waals surface area (Å²) in [5.41, 5.74) is 3.90. The van der Waals surface area contributed by atoms with Crippen LogP contribution >= 0.6 is 0 Å². The van der Waals surface area contributed by atoms with Crippen molar-refractivity contribution in [3.8, 4) is 5.75 Å². The summed E-state index contributed by atoms with van der Waals surface area (Å²) in [6.45, 7) is 2.97. The zero-order valence-corrected chi connectivity index (χ0v) is 11.8. The van der Waals surface area contributed by atoms with Crippen molar-refractivity contribution >= 4 is 0 Å². The lowest BCUT2D eigenvalue weighted by Crippen LogP contribution is -2.17. The molecular formula is C18H21NO. The lowest BCUT2D eigenvalue weighted by molar-refractivity contribution is 0.472. The van der Waals surface area contributed by atoms with Gasteiger partial charge in [-0.15, -0.1) is 0 Å². The number of nitrogens with one attached hydrogen (secondary N) is 1. The molecule has 1 saturated carbocycles. The van der Waals surface area contributed by atoms with Crippen molar-refractivity contribution in [2.24, 2.45) is 0 Å². The topological polar surface area (TPSA) is 32.3 Å². The second kappa shape index (κ2) is 5.68. The first-order valence-corrected chi connectivity index (χ1v) is 7.33. The zero-order valence-electron chi connectivity index (χ0n) is 11.8. The van der Waals surface area contributed by atoms with Crippen LogP contribution in [0.4, 0.5) is 0 Å². The van der Waals surface area contributed by atoms with Crippen molar-refractivity contribution in [1.29, 1.82) is 0 Å². The van der Waals surface area contributed by atoms with E-state index in [4.69, 9.17) is 0 Å². The van der Waals surface area contributed by atoms with Crippen molar-refractivity contribution in [3.63, 3.8) is 0 Å². The monoisotopic (exact) mass is 267 g/mol. The van der Waals surface area contributed by atoms with E-state index < -0.39 is 0 Å². The standard InChI is InChI=1S/C18H21NO/c1-13(17-3-2-4-18(20)11-17)19-12-14-5-7-15(8-6-14)16-9-10-16/h2-8,11,13,16,19-20H,9-10,12H2,1H3. The Labute approximate surface area is 120 Å². The molecule has 3 rings (SSSR count). The van der Waals surface area contributed by atoms with Crippen LogP contribution in [0.1, 0.15) is 48.4 Å². The molecule has 1 aliphatic carbocycles. The fourth-order valence-corrected chi connectivity index (χ4v) is 2.51. The molecule has 0 aliphatic heterocycles. The maximum atomic E-state index is 9.51. The van der Waals surface area contributed by atoms with E-state index in [0.717, 1.165) is 18.0 Å². The highest BCUT2D eigenvalue weighted by molar-refractivity contribution is 5.30. The molecule has 1 fully saturated rings. The number of hydrogen-bond donors (Lipinski definition) is 2. The fraction of sp³-hybridized carbons (Fsp3) is 0.333. The van der Waals surface area contributed by atoms with E-state index in [2.05, 4.69) is 36.5 Å². The van der Waals surface area contributed by atoms with Gasteiger partial charge in [-0.3, -0.25) is 0 Å². The maximum Gasteiger partial charge on any atom is 0.115 e. The van der Waals surface area contributed by atoms with Crippen LogP contribution in [-0.2, 0) is 6.54 Å². The quantitative estimate of drug-likeness (QED) is 0.854. The van der Waals surface area contributed by atoms with E-state index in [0.29, 0.717) is 5.75 Å². The Morgan fingerprint density at radius 2 is 1.90 bits per heavy atom. The molecule has 0 amide bonds. The van der Waals surface area contributed by atoms with Crippen LogP contribution in [0.25, 0.3) is 0 Å². The van der Waals surface area contributed by atoms with Crippen molar-refractivity contribution in [1.82, 2.24) is 5.32 Å². The molecule has 2 heteroatoms. The maximum absolute atomic E-state index is 9.51. The third-order valence-electron chi connectivity index (χ3n) is 4.01. The van der Waals surface area contributed by atoms with Gasteiger partial charge in [0.2, 0.25) is 0 Å². The van der Waals surface area contributed by atoms with Crippen LogP contribution in [0.15, 0.2) is 48.5 Å². The fourth-order valence-electron chi connectivity index (χ4n) is 2.51. The minimum atomic E-state index is 0.227. The first kappa shape index (κ1) is 13.2. The summed E-state index contributed by atoms with van der Waals surface area (Å²) in [6, 6.07) is 16.6. The Balaban J connectivity index is 1.58. The van der Waals surface area contributed by atoms with E-state index in [1.807, 2.05) is 18.2 Å². The molecule has 2 aromatic carbocycles. The zero-order chi connectivity index (χ0) is 13.9. The van der Waals surface area contributed by atoms with Crippen molar-refractivity contribution in [2.45, 2.75) is 38.3 Å². The lowest BCUT2D eigenvalue weighted by atomic mass is 10.1. The Morgan fingerprint density at radius 3 is 2.55 bits per heavy atom. The Bertz CT molecular complexity index is 572. The third-order valence-corrected chi connectivity index (χ3v) is 4.01. The number of phenols is 1. The van der Waals surface area contributed by atoms with Gasteiger partial charge >= 0.3 is 0 Å². The average Bonchev–Trinajstić information content (AvgIpc) is 3.30. The van der Waals surface area contributed by atoms with Crippen molar-refractivity contribution in [3.05, 3.63) is 65.2 Å². The van der Waals surface area contributed by atoms with Gasteiger partial charge in [0.1, 0.15) is 5.75 Å². The molecule has 2 aromatic rings. The molecule has 1 unspecified atom stereocenters. The number of aromatic hydroxyl groups is 1. The SMILES string of the molecule is CC(NCc1ccc(C2CC2)cc1)c1cccc(O)c1. The van der Waals surface area contributed by atoms with E-state index in [-0.39, 0.29) is 6.04 Å². The second-order valence-corrected chi connectivity index (χ2v) is 5.71. The van der Waals surface area contributed by atoms with Crippen LogP contribution in [0, 0.1) is 0 Å². The Morgan fingerprint density at radius 1 is 1.15 bits per heavy atom. The van der Waals surface area contributed by atoms with Gasteiger partial charge in [0.05, 0.1) is 0 Å². The van der Waals surface area contributed by atoms with Gasteiger partial charge in [0.25, 0.3) is 0 Å². The summed E-state index contributed by atoms with van der Waals surface area (Å²) in [6.07, 6.45) is 2.71. The summed E-state index contributed by atoms with van der Waals surface area (Å²) >= 11 is 0. The van der Waals surface area contributed by atoms with E-state index >= 15 is 0 Å². The molecule has 2 N–H and O–H groups in total. The van der Waals surface area contributed by atoms with Gasteiger partial charge in [-0.05, 0) is 54.5 Å². The average molecular weight is 267 g/mol. The summed E-state index contributed by atoms with van der Waals surface area (Å²) in [7, 11) is 0. The van der Waals surface area contributed by atoms with E-state index in [1.165, 1.54) is 24.0 Å². The molecule has 0 saturated heterocycles. The van der Waals surface area contributed by atoms with Crippen molar-refractivity contribution in [2.75, 3.05) is 0 Å². The van der Waals surface area contributed by atoms with Crippen LogP contribution in [0.2, 0.25) is 0 Å². The van der Waals surface area contributed by atoms with Crippen LogP contribution in [0.5, 0.6) is 5.75 Å². The highest BCUT2D eigenvalue weighted by atomic mass is 16.3. The van der Waals surface area contributed by atoms with Gasteiger partial charge in [-0.25, -0.2) is 0 Å². The van der Waals surface area contributed by atoms with Gasteiger partial charge < -0.3 is 10.4 Å². The lowest BCUT2D eigenvalue weighted by Gasteiger charge is -2.14. The third kappa shape index (κ3) is 3.20. The van der Waals surface area contributed by atoms with Crippen molar-refractivity contribution < 1.29 is 5.11 Å². The molecule has 2 nitrogen and oxygen atoms in total. The molecule has 20 heavy (non-hydrogen) atoms. The summed E-state index contributed by atoms with van der Waals surface area (Å²) in [5.74, 6) is 1.15. The molecule has 0 spiro atoms. The molecule has 0 aromatic heterocycles. The molecule has 104 valence electrons. The first-order valence-electron chi connectivity index (χ1n) is 7.33. The summed E-state index contributed by atoms with van der Waals surface area (Å²) in [4.78, 5) is 0. The predicted octanol–water partition coefficient (Wildman–Crippen LogP) is 4.12. The smallest absolute Gasteiger partial charge is 0.115 e. The highest BCUT2D eigenvalue weighted by Crippen LogP contribution is 2.39. The van der Waals surface area contributed by atoms with E-state index in [9.17, 15) is 5.11 Å².